The second kappa shape index (κ2) is 4.58. The fraction of sp³-hybridized carbons (Fsp3) is 0.769. The molecule has 2 rings (SSSR count). The minimum atomic E-state index is 0.582. The summed E-state index contributed by atoms with van der Waals surface area (Å²) in [5, 5.41) is 8.03. The van der Waals surface area contributed by atoms with Crippen LogP contribution in [0.4, 0.5) is 0 Å². The Bertz CT molecular complexity index is 359. The van der Waals surface area contributed by atoms with Crippen LogP contribution in [0.5, 0.6) is 0 Å². The highest BCUT2D eigenvalue weighted by atomic mass is 15.3. The molecule has 0 radical (unpaired) electrons. The van der Waals surface area contributed by atoms with Gasteiger partial charge >= 0.3 is 0 Å². The first-order valence-corrected chi connectivity index (χ1v) is 6.35. The molecule has 0 unspecified atom stereocenters. The van der Waals surface area contributed by atoms with Crippen molar-refractivity contribution in [2.45, 2.75) is 45.4 Å². The third-order valence-corrected chi connectivity index (χ3v) is 3.62. The minimum absolute atomic E-state index is 0.582. The number of piperidine rings is 1. The summed E-state index contributed by atoms with van der Waals surface area (Å²) in [5.74, 6) is 1.28. The largest absolute Gasteiger partial charge is 0.317 e. The average Bonchev–Trinajstić information content (AvgIpc) is 2.55. The molecule has 0 bridgehead atoms. The molecule has 90 valence electrons. The normalized spacial score (nSPS) is 18.3. The molecule has 1 N–H and O–H groups in total. The molecule has 0 atom stereocenters. The highest BCUT2D eigenvalue weighted by Crippen LogP contribution is 2.33. The maximum absolute atomic E-state index is 4.60. The predicted octanol–water partition coefficient (Wildman–Crippen LogP) is 2.32. The number of rotatable bonds is 2. The van der Waals surface area contributed by atoms with Gasteiger partial charge < -0.3 is 5.32 Å². The van der Waals surface area contributed by atoms with Crippen LogP contribution >= 0.6 is 0 Å². The van der Waals surface area contributed by atoms with E-state index in [1.807, 2.05) is 0 Å². The summed E-state index contributed by atoms with van der Waals surface area (Å²) in [4.78, 5) is 0. The van der Waals surface area contributed by atoms with E-state index in [1.54, 1.807) is 0 Å². The SMILES string of the molecule is Cc1nn(C)c(C2CCNCC2)c1C(C)C. The Balaban J connectivity index is 2.37. The van der Waals surface area contributed by atoms with Gasteiger partial charge in [0.15, 0.2) is 0 Å². The van der Waals surface area contributed by atoms with E-state index in [4.69, 9.17) is 0 Å². The molecular formula is C13H23N3. The summed E-state index contributed by atoms with van der Waals surface area (Å²) in [6.45, 7) is 8.97. The molecule has 3 heteroatoms. The van der Waals surface area contributed by atoms with Crippen LogP contribution in [0.2, 0.25) is 0 Å². The van der Waals surface area contributed by atoms with Gasteiger partial charge in [-0.1, -0.05) is 13.8 Å². The first-order chi connectivity index (χ1) is 7.61. The van der Waals surface area contributed by atoms with E-state index in [0.29, 0.717) is 11.8 Å². The van der Waals surface area contributed by atoms with Crippen molar-refractivity contribution in [2.75, 3.05) is 13.1 Å². The van der Waals surface area contributed by atoms with Gasteiger partial charge in [-0.25, -0.2) is 0 Å². The molecule has 1 fully saturated rings. The van der Waals surface area contributed by atoms with Crippen molar-refractivity contribution in [3.63, 3.8) is 0 Å². The fourth-order valence-electron chi connectivity index (χ4n) is 2.99. The number of aromatic nitrogens is 2. The molecule has 16 heavy (non-hydrogen) atoms. The Hall–Kier alpha value is -0.830. The maximum atomic E-state index is 4.60. The zero-order valence-electron chi connectivity index (χ0n) is 10.9. The van der Waals surface area contributed by atoms with Crippen LogP contribution in [-0.4, -0.2) is 22.9 Å². The van der Waals surface area contributed by atoms with E-state index < -0.39 is 0 Å². The molecule has 0 aromatic carbocycles. The lowest BCUT2D eigenvalue weighted by Gasteiger charge is -2.25. The number of nitrogens with one attached hydrogen (secondary N) is 1. The van der Waals surface area contributed by atoms with Gasteiger partial charge in [0.1, 0.15) is 0 Å². The van der Waals surface area contributed by atoms with Gasteiger partial charge in [-0.05, 0) is 44.3 Å². The molecule has 0 saturated carbocycles. The van der Waals surface area contributed by atoms with Crippen LogP contribution in [0, 0.1) is 6.92 Å². The van der Waals surface area contributed by atoms with Crippen molar-refractivity contribution in [1.82, 2.24) is 15.1 Å². The smallest absolute Gasteiger partial charge is 0.0631 e. The summed E-state index contributed by atoms with van der Waals surface area (Å²) >= 11 is 0. The Morgan fingerprint density at radius 2 is 1.94 bits per heavy atom. The number of hydrogen-bond donors (Lipinski definition) is 1. The first-order valence-electron chi connectivity index (χ1n) is 6.35. The lowest BCUT2D eigenvalue weighted by Crippen LogP contribution is -2.28. The van der Waals surface area contributed by atoms with Crippen LogP contribution in [0.1, 0.15) is 55.5 Å². The van der Waals surface area contributed by atoms with Gasteiger partial charge in [0.25, 0.3) is 0 Å². The Labute approximate surface area is 98.2 Å². The third-order valence-electron chi connectivity index (χ3n) is 3.62. The van der Waals surface area contributed by atoms with Gasteiger partial charge in [-0.3, -0.25) is 4.68 Å². The minimum Gasteiger partial charge on any atom is -0.317 e. The Morgan fingerprint density at radius 1 is 1.31 bits per heavy atom. The van der Waals surface area contributed by atoms with Gasteiger partial charge in [-0.2, -0.15) is 5.10 Å². The van der Waals surface area contributed by atoms with Crippen molar-refractivity contribution in [1.29, 1.82) is 0 Å². The van der Waals surface area contributed by atoms with Crippen molar-refractivity contribution < 1.29 is 0 Å². The summed E-state index contributed by atoms with van der Waals surface area (Å²) < 4.78 is 2.11. The third kappa shape index (κ3) is 2.01. The quantitative estimate of drug-likeness (QED) is 0.830. The molecule has 3 nitrogen and oxygen atoms in total. The van der Waals surface area contributed by atoms with Crippen molar-refractivity contribution in [3.05, 3.63) is 17.0 Å². The topological polar surface area (TPSA) is 29.9 Å². The molecule has 1 aliphatic heterocycles. The highest BCUT2D eigenvalue weighted by molar-refractivity contribution is 5.31. The van der Waals surface area contributed by atoms with Crippen LogP contribution < -0.4 is 5.32 Å². The molecule has 0 spiro atoms. The Kier molecular flexibility index (Phi) is 3.33. The maximum Gasteiger partial charge on any atom is 0.0631 e. The second-order valence-corrected chi connectivity index (χ2v) is 5.19. The van der Waals surface area contributed by atoms with Crippen molar-refractivity contribution in [3.8, 4) is 0 Å². The molecule has 0 amide bonds. The van der Waals surface area contributed by atoms with E-state index in [2.05, 4.69) is 42.9 Å². The first kappa shape index (κ1) is 11.6. The molecule has 1 saturated heterocycles. The van der Waals surface area contributed by atoms with E-state index >= 15 is 0 Å². The van der Waals surface area contributed by atoms with Crippen LogP contribution in [0.25, 0.3) is 0 Å². The average molecular weight is 221 g/mol. The predicted molar refractivity (Wildman–Crippen MR) is 66.9 cm³/mol. The summed E-state index contributed by atoms with van der Waals surface area (Å²) in [5.41, 5.74) is 4.18. The summed E-state index contributed by atoms with van der Waals surface area (Å²) in [6.07, 6.45) is 2.50. The Morgan fingerprint density at radius 3 is 2.50 bits per heavy atom. The van der Waals surface area contributed by atoms with Crippen LogP contribution in [0.3, 0.4) is 0 Å². The van der Waals surface area contributed by atoms with E-state index in [9.17, 15) is 0 Å². The summed E-state index contributed by atoms with van der Waals surface area (Å²) in [6, 6.07) is 0. The van der Waals surface area contributed by atoms with E-state index in [1.165, 1.54) is 29.8 Å². The van der Waals surface area contributed by atoms with E-state index in [-0.39, 0.29) is 0 Å². The zero-order chi connectivity index (χ0) is 11.7. The van der Waals surface area contributed by atoms with Gasteiger partial charge in [-0.15, -0.1) is 0 Å². The summed E-state index contributed by atoms with van der Waals surface area (Å²) in [7, 11) is 2.09. The number of aryl methyl sites for hydroxylation is 2. The zero-order valence-corrected chi connectivity index (χ0v) is 10.9. The fourth-order valence-corrected chi connectivity index (χ4v) is 2.99. The van der Waals surface area contributed by atoms with Gasteiger partial charge in [0.05, 0.1) is 5.69 Å². The molecule has 1 aromatic heterocycles. The van der Waals surface area contributed by atoms with Gasteiger partial charge in [0, 0.05) is 18.7 Å². The lowest BCUT2D eigenvalue weighted by molar-refractivity contribution is 0.436. The van der Waals surface area contributed by atoms with E-state index in [0.717, 1.165) is 13.1 Å². The van der Waals surface area contributed by atoms with Gasteiger partial charge in [0.2, 0.25) is 0 Å². The number of nitrogens with zero attached hydrogens (tertiary/aromatic N) is 2. The molecule has 1 aliphatic rings. The molecule has 0 aliphatic carbocycles. The highest BCUT2D eigenvalue weighted by Gasteiger charge is 2.24. The molecular weight excluding hydrogens is 198 g/mol. The molecule has 1 aromatic rings. The van der Waals surface area contributed by atoms with Crippen LogP contribution in [0.15, 0.2) is 0 Å². The van der Waals surface area contributed by atoms with Crippen molar-refractivity contribution >= 4 is 0 Å². The monoisotopic (exact) mass is 221 g/mol. The second-order valence-electron chi connectivity index (χ2n) is 5.19. The standard InChI is InChI=1S/C13H23N3/c1-9(2)12-10(3)15-16(4)13(12)11-5-7-14-8-6-11/h9,11,14H,5-8H2,1-4H3. The lowest BCUT2D eigenvalue weighted by atomic mass is 9.88. The number of hydrogen-bond acceptors (Lipinski definition) is 2. The van der Waals surface area contributed by atoms with Crippen LogP contribution in [-0.2, 0) is 7.05 Å². The van der Waals surface area contributed by atoms with Crippen molar-refractivity contribution in [2.24, 2.45) is 7.05 Å². The molecule has 2 heterocycles.